The van der Waals surface area contributed by atoms with Crippen molar-refractivity contribution >= 4 is 17.5 Å². The molecule has 2 amide bonds. The van der Waals surface area contributed by atoms with Crippen LogP contribution in [0.3, 0.4) is 0 Å². The number of aryl methyl sites for hydroxylation is 2. The number of carbonyl (C=O) groups is 2. The van der Waals surface area contributed by atoms with Crippen LogP contribution in [0, 0.1) is 5.92 Å². The molecule has 154 valence electrons. The van der Waals surface area contributed by atoms with Crippen molar-refractivity contribution in [3.63, 3.8) is 0 Å². The summed E-state index contributed by atoms with van der Waals surface area (Å²) in [6.45, 7) is 5.23. The maximum absolute atomic E-state index is 12.9. The van der Waals surface area contributed by atoms with Crippen molar-refractivity contribution in [3.8, 4) is 5.75 Å². The van der Waals surface area contributed by atoms with E-state index in [9.17, 15) is 9.59 Å². The summed E-state index contributed by atoms with van der Waals surface area (Å²) < 4.78 is 5.39. The average molecular weight is 395 g/mol. The Morgan fingerprint density at radius 1 is 1.07 bits per heavy atom. The third-order valence-corrected chi connectivity index (χ3v) is 5.68. The molecule has 0 bridgehead atoms. The zero-order valence-electron chi connectivity index (χ0n) is 17.5. The second-order valence-corrected chi connectivity index (χ2v) is 7.45. The molecule has 1 N–H and O–H groups in total. The molecule has 1 heterocycles. The zero-order valence-corrected chi connectivity index (χ0v) is 17.5. The lowest BCUT2D eigenvalue weighted by Gasteiger charge is -2.19. The van der Waals surface area contributed by atoms with Crippen molar-refractivity contribution in [2.24, 2.45) is 5.92 Å². The van der Waals surface area contributed by atoms with Gasteiger partial charge in [-0.15, -0.1) is 0 Å². The molecule has 0 spiro atoms. The molecule has 29 heavy (non-hydrogen) atoms. The van der Waals surface area contributed by atoms with E-state index in [0.29, 0.717) is 19.5 Å². The van der Waals surface area contributed by atoms with E-state index < -0.39 is 0 Å². The highest BCUT2D eigenvalue weighted by atomic mass is 16.5. The summed E-state index contributed by atoms with van der Waals surface area (Å²) in [5.74, 6) is 0.500. The van der Waals surface area contributed by atoms with Gasteiger partial charge in [0.25, 0.3) is 0 Å². The van der Waals surface area contributed by atoms with E-state index in [1.54, 1.807) is 12.0 Å². The van der Waals surface area contributed by atoms with E-state index in [1.165, 1.54) is 0 Å². The van der Waals surface area contributed by atoms with Gasteiger partial charge in [-0.1, -0.05) is 50.2 Å². The molecule has 2 aromatic carbocycles. The van der Waals surface area contributed by atoms with E-state index in [1.807, 2.05) is 42.5 Å². The molecule has 0 aromatic heterocycles. The summed E-state index contributed by atoms with van der Waals surface area (Å²) in [5.41, 5.74) is 4.26. The normalized spacial score (nSPS) is 16.2. The Hall–Kier alpha value is -2.82. The van der Waals surface area contributed by atoms with Crippen molar-refractivity contribution in [1.29, 1.82) is 0 Å². The summed E-state index contributed by atoms with van der Waals surface area (Å²) in [6.07, 6.45) is 2.70. The topological polar surface area (TPSA) is 58.6 Å². The molecule has 1 fully saturated rings. The Kier molecular flexibility index (Phi) is 6.91. The van der Waals surface area contributed by atoms with Crippen molar-refractivity contribution in [1.82, 2.24) is 4.90 Å². The molecular formula is C24H30N2O3. The van der Waals surface area contributed by atoms with Gasteiger partial charge < -0.3 is 15.0 Å². The van der Waals surface area contributed by atoms with Gasteiger partial charge in [0, 0.05) is 25.2 Å². The molecule has 0 aliphatic carbocycles. The average Bonchev–Trinajstić information content (AvgIpc) is 3.13. The van der Waals surface area contributed by atoms with Crippen LogP contribution in [0.1, 0.15) is 37.0 Å². The molecular weight excluding hydrogens is 364 g/mol. The van der Waals surface area contributed by atoms with E-state index in [2.05, 4.69) is 19.2 Å². The van der Waals surface area contributed by atoms with E-state index in [0.717, 1.165) is 41.0 Å². The third-order valence-electron chi connectivity index (χ3n) is 5.68. The smallest absolute Gasteiger partial charge is 0.229 e. The van der Waals surface area contributed by atoms with Crippen molar-refractivity contribution in [2.45, 2.75) is 39.5 Å². The second kappa shape index (κ2) is 9.59. The maximum atomic E-state index is 12.9. The van der Waals surface area contributed by atoms with Crippen LogP contribution in [0.25, 0.3) is 0 Å². The first kappa shape index (κ1) is 20.9. The van der Waals surface area contributed by atoms with Crippen LogP contribution in [0.4, 0.5) is 5.69 Å². The lowest BCUT2D eigenvalue weighted by atomic mass is 10.0. The van der Waals surface area contributed by atoms with Crippen LogP contribution in [0.15, 0.2) is 42.5 Å². The molecule has 3 rings (SSSR count). The fourth-order valence-electron chi connectivity index (χ4n) is 3.96. The largest absolute Gasteiger partial charge is 0.496 e. The van der Waals surface area contributed by atoms with Gasteiger partial charge in [0.05, 0.1) is 13.0 Å². The van der Waals surface area contributed by atoms with Gasteiger partial charge in [-0.2, -0.15) is 0 Å². The zero-order chi connectivity index (χ0) is 20.8. The Balaban J connectivity index is 1.64. The third kappa shape index (κ3) is 4.78. The van der Waals surface area contributed by atoms with Gasteiger partial charge in [0.15, 0.2) is 0 Å². The van der Waals surface area contributed by atoms with Crippen molar-refractivity contribution in [2.75, 3.05) is 25.5 Å². The Labute approximate surface area is 173 Å². The number of para-hydroxylation sites is 2. The minimum absolute atomic E-state index is 0.0412. The van der Waals surface area contributed by atoms with Gasteiger partial charge in [0.1, 0.15) is 5.75 Å². The van der Waals surface area contributed by atoms with Crippen molar-refractivity contribution < 1.29 is 14.3 Å². The van der Waals surface area contributed by atoms with Gasteiger partial charge in [-0.25, -0.2) is 0 Å². The maximum Gasteiger partial charge on any atom is 0.229 e. The fraction of sp³-hybridized carbons (Fsp3) is 0.417. The molecule has 5 heteroatoms. The summed E-state index contributed by atoms with van der Waals surface area (Å²) in [6, 6.07) is 14.0. The SMILES string of the molecule is CCc1cccc(CC)c1NC(=O)C1CC(=O)N(CCc2ccccc2OC)C1. The molecule has 0 saturated carbocycles. The van der Waals surface area contributed by atoms with Gasteiger partial charge in [-0.05, 0) is 42.0 Å². The number of likely N-dealkylation sites (tertiary alicyclic amines) is 1. The quantitative estimate of drug-likeness (QED) is 0.740. The van der Waals surface area contributed by atoms with E-state index >= 15 is 0 Å². The molecule has 1 aliphatic rings. The number of ether oxygens (including phenoxy) is 1. The van der Waals surface area contributed by atoms with E-state index in [4.69, 9.17) is 4.74 Å². The Morgan fingerprint density at radius 2 is 1.72 bits per heavy atom. The monoisotopic (exact) mass is 394 g/mol. The van der Waals surface area contributed by atoms with Crippen LogP contribution < -0.4 is 10.1 Å². The Bertz CT molecular complexity index is 856. The summed E-state index contributed by atoms with van der Waals surface area (Å²) in [4.78, 5) is 27.2. The molecule has 1 atom stereocenters. The van der Waals surface area contributed by atoms with Crippen LogP contribution in [0.2, 0.25) is 0 Å². The number of hydrogen-bond acceptors (Lipinski definition) is 3. The first-order valence-corrected chi connectivity index (χ1v) is 10.4. The van der Waals surface area contributed by atoms with Crippen LogP contribution in [-0.2, 0) is 28.9 Å². The number of methoxy groups -OCH3 is 1. The number of nitrogens with one attached hydrogen (secondary N) is 1. The highest BCUT2D eigenvalue weighted by Gasteiger charge is 2.34. The van der Waals surface area contributed by atoms with Gasteiger partial charge in [0.2, 0.25) is 11.8 Å². The number of amides is 2. The predicted molar refractivity (Wildman–Crippen MR) is 115 cm³/mol. The second-order valence-electron chi connectivity index (χ2n) is 7.45. The predicted octanol–water partition coefficient (Wildman–Crippen LogP) is 3.85. The number of carbonyl (C=O) groups excluding carboxylic acids is 2. The summed E-state index contributed by atoms with van der Waals surface area (Å²) in [5, 5.41) is 3.12. The molecule has 1 saturated heterocycles. The number of benzene rings is 2. The summed E-state index contributed by atoms with van der Waals surface area (Å²) in [7, 11) is 1.65. The summed E-state index contributed by atoms with van der Waals surface area (Å²) >= 11 is 0. The number of nitrogens with zero attached hydrogens (tertiary/aromatic N) is 1. The molecule has 1 aliphatic heterocycles. The molecule has 2 aromatic rings. The lowest BCUT2D eigenvalue weighted by Crippen LogP contribution is -2.30. The molecule has 0 radical (unpaired) electrons. The molecule has 5 nitrogen and oxygen atoms in total. The first-order valence-electron chi connectivity index (χ1n) is 10.4. The highest BCUT2D eigenvalue weighted by Crippen LogP contribution is 2.26. The Morgan fingerprint density at radius 3 is 2.38 bits per heavy atom. The lowest BCUT2D eigenvalue weighted by molar-refractivity contribution is -0.128. The van der Waals surface area contributed by atoms with Gasteiger partial charge >= 0.3 is 0 Å². The van der Waals surface area contributed by atoms with E-state index in [-0.39, 0.29) is 24.2 Å². The standard InChI is InChI=1S/C24H30N2O3/c1-4-17-10-8-11-18(5-2)23(17)25-24(28)20-15-22(27)26(16-20)14-13-19-9-6-7-12-21(19)29-3/h6-12,20H,4-5,13-16H2,1-3H3,(H,25,28). The minimum Gasteiger partial charge on any atom is -0.496 e. The molecule has 1 unspecified atom stereocenters. The first-order chi connectivity index (χ1) is 14.1. The fourth-order valence-corrected chi connectivity index (χ4v) is 3.96. The number of hydrogen-bond donors (Lipinski definition) is 1. The van der Waals surface area contributed by atoms with Crippen LogP contribution in [-0.4, -0.2) is 36.9 Å². The van der Waals surface area contributed by atoms with Gasteiger partial charge in [-0.3, -0.25) is 9.59 Å². The number of rotatable bonds is 8. The highest BCUT2D eigenvalue weighted by molar-refractivity contribution is 5.98. The number of anilines is 1. The van der Waals surface area contributed by atoms with Crippen molar-refractivity contribution in [3.05, 3.63) is 59.2 Å². The minimum atomic E-state index is -0.310. The van der Waals surface area contributed by atoms with Crippen LogP contribution in [0.5, 0.6) is 5.75 Å². The van der Waals surface area contributed by atoms with Crippen LogP contribution >= 0.6 is 0 Å².